The third-order valence-electron chi connectivity index (χ3n) is 3.09. The van der Waals surface area contributed by atoms with Gasteiger partial charge < -0.3 is 17.8 Å². The molecule has 0 aliphatic heterocycles. The number of nitrogens with zero attached hydrogens (tertiary/aromatic N) is 1. The minimum atomic E-state index is -2.60. The maximum atomic E-state index is 5.57. The summed E-state index contributed by atoms with van der Waals surface area (Å²) in [4.78, 5) is 0. The van der Waals surface area contributed by atoms with Crippen molar-refractivity contribution >= 4 is 8.80 Å². The monoisotopic (exact) mass is 248 g/mol. The van der Waals surface area contributed by atoms with Gasteiger partial charge in [-0.05, 0) is 6.08 Å². The smallest absolute Gasteiger partial charge is 0.373 e. The summed E-state index contributed by atoms with van der Waals surface area (Å²) in [6.45, 7) is 6.80. The van der Waals surface area contributed by atoms with Gasteiger partial charge in [0.1, 0.15) is 0 Å². The summed E-state index contributed by atoms with van der Waals surface area (Å²) in [5, 5.41) is 0. The average molecular weight is 248 g/mol. The van der Waals surface area contributed by atoms with Crippen LogP contribution in [0.15, 0.2) is 12.7 Å². The van der Waals surface area contributed by atoms with Crippen LogP contribution in [0.25, 0.3) is 0 Å². The molecule has 0 spiro atoms. The number of hydrogen-bond acceptors (Lipinski definition) is 3. The first-order chi connectivity index (χ1) is 7.44. The van der Waals surface area contributed by atoms with E-state index < -0.39 is 8.80 Å². The largest absolute Gasteiger partial charge is 0.561 e. The van der Waals surface area contributed by atoms with Crippen LogP contribution >= 0.6 is 0 Å². The van der Waals surface area contributed by atoms with E-state index in [9.17, 15) is 0 Å². The zero-order valence-electron chi connectivity index (χ0n) is 11.4. The molecular formula is C11H26NO3Si+. The van der Waals surface area contributed by atoms with Crippen LogP contribution in [0.5, 0.6) is 0 Å². The molecule has 0 fully saturated rings. The fourth-order valence-electron chi connectivity index (χ4n) is 2.29. The van der Waals surface area contributed by atoms with Crippen molar-refractivity contribution in [2.75, 3.05) is 42.0 Å². The van der Waals surface area contributed by atoms with Crippen molar-refractivity contribution in [3.8, 4) is 0 Å². The van der Waals surface area contributed by atoms with Crippen LogP contribution in [-0.2, 0) is 13.3 Å². The molecule has 0 bridgehead atoms. The Morgan fingerprint density at radius 2 is 1.62 bits per heavy atom. The van der Waals surface area contributed by atoms with Crippen LogP contribution < -0.4 is 0 Å². The maximum Gasteiger partial charge on any atom is 0.561 e. The van der Waals surface area contributed by atoms with Gasteiger partial charge in [-0.25, -0.2) is 0 Å². The van der Waals surface area contributed by atoms with Gasteiger partial charge in [-0.3, -0.25) is 0 Å². The lowest BCUT2D eigenvalue weighted by Crippen LogP contribution is -2.67. The summed E-state index contributed by atoms with van der Waals surface area (Å²) >= 11 is 0. The molecule has 1 atom stereocenters. The van der Waals surface area contributed by atoms with E-state index in [1.54, 1.807) is 21.3 Å². The molecule has 5 heteroatoms. The van der Waals surface area contributed by atoms with Crippen molar-refractivity contribution in [3.63, 3.8) is 0 Å². The van der Waals surface area contributed by atoms with Crippen molar-refractivity contribution in [1.29, 1.82) is 0 Å². The summed E-state index contributed by atoms with van der Waals surface area (Å²) in [6.07, 6.45) is 2.87. The van der Waals surface area contributed by atoms with Gasteiger partial charge >= 0.3 is 8.80 Å². The van der Waals surface area contributed by atoms with Crippen LogP contribution in [0.3, 0.4) is 0 Å². The molecule has 0 aromatic heterocycles. The molecule has 0 aliphatic rings. The lowest BCUT2D eigenvalue weighted by molar-refractivity contribution is -0.900. The molecule has 4 nitrogen and oxygen atoms in total. The zero-order chi connectivity index (χ0) is 12.8. The zero-order valence-corrected chi connectivity index (χ0v) is 12.4. The van der Waals surface area contributed by atoms with Crippen molar-refractivity contribution in [3.05, 3.63) is 12.7 Å². The third-order valence-corrected chi connectivity index (χ3v) is 6.72. The SMILES string of the molecule is C=CC[N+](C)(C)C(CC)[Si](OC)(OC)OC. The number of rotatable bonds is 8. The molecule has 0 saturated carbocycles. The van der Waals surface area contributed by atoms with E-state index in [0.717, 1.165) is 17.4 Å². The number of hydrogen-bond donors (Lipinski definition) is 0. The van der Waals surface area contributed by atoms with E-state index in [0.29, 0.717) is 0 Å². The Kier molecular flexibility index (Phi) is 6.43. The molecule has 0 radical (unpaired) electrons. The molecule has 16 heavy (non-hydrogen) atoms. The second kappa shape index (κ2) is 6.51. The highest BCUT2D eigenvalue weighted by atomic mass is 28.4. The van der Waals surface area contributed by atoms with Crippen LogP contribution in [0.1, 0.15) is 13.3 Å². The molecule has 0 heterocycles. The van der Waals surface area contributed by atoms with Crippen molar-refractivity contribution in [1.82, 2.24) is 0 Å². The summed E-state index contributed by atoms with van der Waals surface area (Å²) in [5.74, 6) is 0. The quantitative estimate of drug-likeness (QED) is 0.370. The van der Waals surface area contributed by atoms with Gasteiger partial charge in [0.2, 0.25) is 0 Å². The first kappa shape index (κ1) is 15.8. The van der Waals surface area contributed by atoms with Gasteiger partial charge in [-0.1, -0.05) is 13.5 Å². The van der Waals surface area contributed by atoms with Crippen molar-refractivity contribution < 1.29 is 17.8 Å². The van der Waals surface area contributed by atoms with E-state index in [-0.39, 0.29) is 5.67 Å². The standard InChI is InChI=1S/C11H26NO3Si/c1-8-10-12(3,4)11(9-2)16(13-5,14-6)15-7/h8,11H,1,9-10H2,2-7H3/q+1. The minimum Gasteiger partial charge on any atom is -0.373 e. The molecule has 0 N–H and O–H groups in total. The lowest BCUT2D eigenvalue weighted by atomic mass is 10.3. The van der Waals surface area contributed by atoms with Crippen molar-refractivity contribution in [2.45, 2.75) is 19.0 Å². The molecule has 0 amide bonds. The molecule has 0 aliphatic carbocycles. The van der Waals surface area contributed by atoms with Crippen LogP contribution in [0.2, 0.25) is 0 Å². The summed E-state index contributed by atoms with van der Waals surface area (Å²) in [5.41, 5.74) is 0.213. The lowest BCUT2D eigenvalue weighted by Gasteiger charge is -2.42. The molecule has 0 aromatic carbocycles. The molecule has 0 aromatic rings. The maximum absolute atomic E-state index is 5.57. The molecule has 1 unspecified atom stereocenters. The average Bonchev–Trinajstić information content (AvgIpc) is 2.25. The summed E-state index contributed by atoms with van der Waals surface area (Å²) in [6, 6.07) is 0. The van der Waals surface area contributed by atoms with Gasteiger partial charge in [0.15, 0.2) is 5.67 Å². The minimum absolute atomic E-state index is 0.213. The molecule has 0 saturated heterocycles. The highest BCUT2D eigenvalue weighted by Crippen LogP contribution is 2.24. The van der Waals surface area contributed by atoms with E-state index in [2.05, 4.69) is 27.6 Å². The van der Waals surface area contributed by atoms with Gasteiger partial charge in [0.25, 0.3) is 0 Å². The summed E-state index contributed by atoms with van der Waals surface area (Å²) in [7, 11) is 6.69. The molecule has 0 rings (SSSR count). The van der Waals surface area contributed by atoms with E-state index in [1.165, 1.54) is 0 Å². The Bertz CT molecular complexity index is 209. The Labute approximate surface area is 101 Å². The third kappa shape index (κ3) is 3.15. The second-order valence-electron chi connectivity index (χ2n) is 4.39. The van der Waals surface area contributed by atoms with Gasteiger partial charge in [0, 0.05) is 27.8 Å². The van der Waals surface area contributed by atoms with E-state index >= 15 is 0 Å². The van der Waals surface area contributed by atoms with E-state index in [4.69, 9.17) is 13.3 Å². The van der Waals surface area contributed by atoms with Crippen LogP contribution in [0.4, 0.5) is 0 Å². The fraction of sp³-hybridized carbons (Fsp3) is 0.818. The Balaban J connectivity index is 5.14. The highest BCUT2D eigenvalue weighted by Gasteiger charge is 2.55. The Morgan fingerprint density at radius 3 is 1.88 bits per heavy atom. The topological polar surface area (TPSA) is 27.7 Å². The van der Waals surface area contributed by atoms with Crippen LogP contribution in [-0.4, -0.2) is 60.9 Å². The molecule has 96 valence electrons. The normalized spacial score (nSPS) is 14.9. The van der Waals surface area contributed by atoms with E-state index in [1.807, 2.05) is 6.08 Å². The predicted molar refractivity (Wildman–Crippen MR) is 68.0 cm³/mol. The Hall–Kier alpha value is -0.203. The predicted octanol–water partition coefficient (Wildman–Crippen LogP) is 1.44. The number of likely N-dealkylation sites (N-methyl/N-ethyl adjacent to an activating group) is 1. The number of quaternary nitrogens is 1. The fourth-order valence-corrected chi connectivity index (χ4v) is 5.07. The van der Waals surface area contributed by atoms with Crippen molar-refractivity contribution in [2.24, 2.45) is 0 Å². The molecular weight excluding hydrogens is 222 g/mol. The van der Waals surface area contributed by atoms with Crippen LogP contribution in [0, 0.1) is 0 Å². The Morgan fingerprint density at radius 1 is 1.19 bits per heavy atom. The van der Waals surface area contributed by atoms with Gasteiger partial charge in [0.05, 0.1) is 20.6 Å². The summed E-state index contributed by atoms with van der Waals surface area (Å²) < 4.78 is 17.5. The van der Waals surface area contributed by atoms with Gasteiger partial charge in [-0.15, -0.1) is 0 Å². The van der Waals surface area contributed by atoms with Gasteiger partial charge in [-0.2, -0.15) is 0 Å². The first-order valence-corrected chi connectivity index (χ1v) is 7.33. The first-order valence-electron chi connectivity index (χ1n) is 5.53. The highest BCUT2D eigenvalue weighted by molar-refractivity contribution is 6.62. The second-order valence-corrected chi connectivity index (χ2v) is 7.49.